The average Bonchev–Trinajstić information content (AvgIpc) is 2.74. The van der Waals surface area contributed by atoms with Crippen LogP contribution in [0.5, 0.6) is 5.75 Å². The van der Waals surface area contributed by atoms with Gasteiger partial charge in [0.2, 0.25) is 5.91 Å². The Balaban J connectivity index is 1.70. The van der Waals surface area contributed by atoms with Crippen LogP contribution in [0.15, 0.2) is 58.1 Å². The van der Waals surface area contributed by atoms with E-state index in [4.69, 9.17) is 4.74 Å². The van der Waals surface area contributed by atoms with Gasteiger partial charge < -0.3 is 4.74 Å². The van der Waals surface area contributed by atoms with E-state index >= 15 is 0 Å². The Kier molecular flexibility index (Phi) is 10.9. The summed E-state index contributed by atoms with van der Waals surface area (Å²) in [5, 5.41) is 3.99. The van der Waals surface area contributed by atoms with Crippen molar-refractivity contribution in [2.24, 2.45) is 5.10 Å². The summed E-state index contributed by atoms with van der Waals surface area (Å²) in [6.07, 6.45) is 10.3. The molecule has 0 saturated heterocycles. The summed E-state index contributed by atoms with van der Waals surface area (Å²) >= 11 is 3.34. The first kappa shape index (κ1) is 23.8. The van der Waals surface area contributed by atoms with Crippen LogP contribution >= 0.6 is 15.9 Å². The zero-order valence-electron chi connectivity index (χ0n) is 17.4. The van der Waals surface area contributed by atoms with E-state index in [0.29, 0.717) is 22.2 Å². The molecule has 1 amide bonds. The number of rotatable bonds is 12. The summed E-state index contributed by atoms with van der Waals surface area (Å²) in [6, 6.07) is 14.0. The highest BCUT2D eigenvalue weighted by molar-refractivity contribution is 9.10. The van der Waals surface area contributed by atoms with Gasteiger partial charge in [-0.1, -0.05) is 57.6 Å². The summed E-state index contributed by atoms with van der Waals surface area (Å²) in [4.78, 5) is 24.0. The number of unbranched alkanes of at least 4 members (excludes halogenated alkanes) is 6. The maximum absolute atomic E-state index is 12.2. The molecule has 5 nitrogen and oxygen atoms in total. The molecule has 30 heavy (non-hydrogen) atoms. The Morgan fingerprint density at radius 3 is 2.33 bits per heavy atom. The van der Waals surface area contributed by atoms with E-state index in [2.05, 4.69) is 33.4 Å². The molecule has 0 saturated carbocycles. The molecule has 2 aromatic carbocycles. The van der Waals surface area contributed by atoms with E-state index in [0.717, 1.165) is 18.4 Å². The molecule has 1 N–H and O–H groups in total. The van der Waals surface area contributed by atoms with Crippen molar-refractivity contribution in [2.75, 3.05) is 0 Å². The van der Waals surface area contributed by atoms with Crippen LogP contribution in [0, 0.1) is 0 Å². The van der Waals surface area contributed by atoms with Crippen LogP contribution in [0.2, 0.25) is 0 Å². The number of carbonyl (C=O) groups is 2. The molecule has 0 aliphatic heterocycles. The van der Waals surface area contributed by atoms with E-state index in [-0.39, 0.29) is 5.91 Å². The molecule has 0 unspecified atom stereocenters. The molecule has 0 bridgehead atoms. The van der Waals surface area contributed by atoms with Crippen molar-refractivity contribution < 1.29 is 14.3 Å². The molecule has 0 aromatic heterocycles. The van der Waals surface area contributed by atoms with Gasteiger partial charge >= 0.3 is 5.97 Å². The fraction of sp³-hybridized carbons (Fsp3) is 0.375. The lowest BCUT2D eigenvalue weighted by atomic mass is 10.1. The molecule has 0 spiro atoms. The number of hydrogen-bond acceptors (Lipinski definition) is 4. The Morgan fingerprint density at radius 1 is 0.967 bits per heavy atom. The number of nitrogens with zero attached hydrogens (tertiary/aromatic N) is 1. The second-order valence-corrected chi connectivity index (χ2v) is 7.96. The standard InChI is InChI=1S/C24H29BrN2O3/c1-2-3-4-5-6-7-8-13-23(28)27-26-18-19-14-16-20(17-15-19)30-24(29)21-11-9-10-12-22(21)25/h9-12,14-18H,2-8,13H2,1H3,(H,27,28). The van der Waals surface area contributed by atoms with Gasteiger partial charge in [0.15, 0.2) is 0 Å². The predicted octanol–water partition coefficient (Wildman–Crippen LogP) is 6.26. The number of nitrogens with one attached hydrogen (secondary N) is 1. The molecule has 0 atom stereocenters. The Hall–Kier alpha value is -2.47. The smallest absolute Gasteiger partial charge is 0.344 e. The third kappa shape index (κ3) is 8.91. The Labute approximate surface area is 187 Å². The van der Waals surface area contributed by atoms with Crippen LogP contribution in [0.4, 0.5) is 0 Å². The minimum absolute atomic E-state index is 0.0706. The van der Waals surface area contributed by atoms with Crippen molar-refractivity contribution in [2.45, 2.75) is 58.3 Å². The van der Waals surface area contributed by atoms with Crippen molar-refractivity contribution in [3.63, 3.8) is 0 Å². The van der Waals surface area contributed by atoms with Crippen molar-refractivity contribution in [1.29, 1.82) is 0 Å². The second-order valence-electron chi connectivity index (χ2n) is 7.10. The summed E-state index contributed by atoms with van der Waals surface area (Å²) in [6.45, 7) is 2.21. The predicted molar refractivity (Wildman–Crippen MR) is 124 cm³/mol. The third-order valence-electron chi connectivity index (χ3n) is 4.59. The molecule has 0 fully saturated rings. The number of benzene rings is 2. The second kappa shape index (κ2) is 13.7. The maximum atomic E-state index is 12.2. The minimum atomic E-state index is -0.429. The lowest BCUT2D eigenvalue weighted by Gasteiger charge is -2.06. The van der Waals surface area contributed by atoms with Crippen LogP contribution in [0.25, 0.3) is 0 Å². The van der Waals surface area contributed by atoms with E-state index in [1.165, 1.54) is 32.1 Å². The molecular weight excluding hydrogens is 444 g/mol. The fourth-order valence-corrected chi connectivity index (χ4v) is 3.33. The largest absolute Gasteiger partial charge is 0.423 e. The number of esters is 1. The molecule has 6 heteroatoms. The quantitative estimate of drug-likeness (QED) is 0.130. The molecule has 0 aliphatic rings. The summed E-state index contributed by atoms with van der Waals surface area (Å²) in [5.41, 5.74) is 3.82. The number of carbonyl (C=O) groups excluding carboxylic acids is 2. The first-order chi connectivity index (χ1) is 14.6. The first-order valence-electron chi connectivity index (χ1n) is 10.5. The van der Waals surface area contributed by atoms with Gasteiger partial charge in [-0.25, -0.2) is 10.2 Å². The average molecular weight is 473 g/mol. The van der Waals surface area contributed by atoms with E-state index < -0.39 is 5.97 Å². The molecule has 160 valence electrons. The highest BCUT2D eigenvalue weighted by Crippen LogP contribution is 2.19. The maximum Gasteiger partial charge on any atom is 0.344 e. The zero-order valence-corrected chi connectivity index (χ0v) is 19.0. The number of hydrogen-bond donors (Lipinski definition) is 1. The SMILES string of the molecule is CCCCCCCCCC(=O)NN=Cc1ccc(OC(=O)c2ccccc2Br)cc1. The molecular formula is C24H29BrN2O3. The van der Waals surface area contributed by atoms with Crippen molar-refractivity contribution in [1.82, 2.24) is 5.43 Å². The van der Waals surface area contributed by atoms with Crippen LogP contribution in [0.3, 0.4) is 0 Å². The summed E-state index contributed by atoms with van der Waals surface area (Å²) in [7, 11) is 0. The molecule has 0 radical (unpaired) electrons. The molecule has 0 heterocycles. The van der Waals surface area contributed by atoms with Gasteiger partial charge in [-0.3, -0.25) is 4.79 Å². The number of ether oxygens (including phenoxy) is 1. The van der Waals surface area contributed by atoms with Gasteiger partial charge in [-0.15, -0.1) is 0 Å². The number of hydrazone groups is 1. The first-order valence-corrected chi connectivity index (χ1v) is 11.3. The van der Waals surface area contributed by atoms with Gasteiger partial charge in [-0.2, -0.15) is 5.10 Å². The molecule has 0 aliphatic carbocycles. The van der Waals surface area contributed by atoms with Crippen LogP contribution in [-0.4, -0.2) is 18.1 Å². The van der Waals surface area contributed by atoms with Gasteiger partial charge in [0.05, 0.1) is 11.8 Å². The van der Waals surface area contributed by atoms with Gasteiger partial charge in [-0.05, 0) is 64.3 Å². The van der Waals surface area contributed by atoms with E-state index in [1.807, 2.05) is 6.07 Å². The van der Waals surface area contributed by atoms with Gasteiger partial charge in [0.1, 0.15) is 5.75 Å². The van der Waals surface area contributed by atoms with E-state index in [1.54, 1.807) is 48.7 Å². The number of amides is 1. The highest BCUT2D eigenvalue weighted by Gasteiger charge is 2.11. The molecule has 2 rings (SSSR count). The lowest BCUT2D eigenvalue weighted by molar-refractivity contribution is -0.121. The topological polar surface area (TPSA) is 67.8 Å². The van der Waals surface area contributed by atoms with Crippen molar-refractivity contribution in [3.05, 3.63) is 64.1 Å². The fourth-order valence-electron chi connectivity index (χ4n) is 2.89. The highest BCUT2D eigenvalue weighted by atomic mass is 79.9. The zero-order chi connectivity index (χ0) is 21.6. The molecule has 2 aromatic rings. The minimum Gasteiger partial charge on any atom is -0.423 e. The van der Waals surface area contributed by atoms with Crippen LogP contribution in [-0.2, 0) is 4.79 Å². The lowest BCUT2D eigenvalue weighted by Crippen LogP contribution is -2.16. The Morgan fingerprint density at radius 2 is 1.63 bits per heavy atom. The van der Waals surface area contributed by atoms with Gasteiger partial charge in [0, 0.05) is 10.9 Å². The van der Waals surface area contributed by atoms with Crippen LogP contribution < -0.4 is 10.2 Å². The monoisotopic (exact) mass is 472 g/mol. The number of halogens is 1. The van der Waals surface area contributed by atoms with Crippen LogP contribution in [0.1, 0.15) is 74.2 Å². The Bertz CT molecular complexity index is 835. The van der Waals surface area contributed by atoms with Crippen molar-refractivity contribution in [3.8, 4) is 5.75 Å². The summed E-state index contributed by atoms with van der Waals surface area (Å²) in [5.74, 6) is -0.0591. The summed E-state index contributed by atoms with van der Waals surface area (Å²) < 4.78 is 6.07. The third-order valence-corrected chi connectivity index (χ3v) is 5.29. The van der Waals surface area contributed by atoms with Crippen molar-refractivity contribution >= 4 is 34.0 Å². The van der Waals surface area contributed by atoms with Gasteiger partial charge in [0.25, 0.3) is 0 Å². The van der Waals surface area contributed by atoms with E-state index in [9.17, 15) is 9.59 Å². The normalized spacial score (nSPS) is 10.9.